The second-order valence-corrected chi connectivity index (χ2v) is 5.16. The molecule has 1 unspecified atom stereocenters. The van der Waals surface area contributed by atoms with Crippen LogP contribution in [0.15, 0.2) is 0 Å². The van der Waals surface area contributed by atoms with Crippen molar-refractivity contribution in [1.82, 2.24) is 4.90 Å². The third kappa shape index (κ3) is 3.21. The van der Waals surface area contributed by atoms with Crippen molar-refractivity contribution in [2.45, 2.75) is 52.0 Å². The van der Waals surface area contributed by atoms with Crippen molar-refractivity contribution in [3.8, 4) is 0 Å². The van der Waals surface area contributed by atoms with E-state index in [-0.39, 0.29) is 5.92 Å². The van der Waals surface area contributed by atoms with Gasteiger partial charge in [-0.1, -0.05) is 6.92 Å². The highest BCUT2D eigenvalue weighted by molar-refractivity contribution is 5.78. The first-order valence-electron chi connectivity index (χ1n) is 6.56. The summed E-state index contributed by atoms with van der Waals surface area (Å²) in [6, 6.07) is 0.361. The molecule has 0 aromatic heterocycles. The average Bonchev–Trinajstić information content (AvgIpc) is 2.36. The van der Waals surface area contributed by atoms with E-state index in [4.69, 9.17) is 5.73 Å². The first-order chi connectivity index (χ1) is 7.60. The molecule has 1 aliphatic carbocycles. The van der Waals surface area contributed by atoms with E-state index in [9.17, 15) is 4.79 Å². The first kappa shape index (κ1) is 13.5. The molecular formula is C13H26N2O. The molecule has 0 radical (unpaired) electrons. The van der Waals surface area contributed by atoms with Crippen LogP contribution in [0.1, 0.15) is 46.0 Å². The molecule has 1 aliphatic rings. The number of amides is 1. The molecule has 1 rings (SSSR count). The lowest BCUT2D eigenvalue weighted by atomic mass is 9.81. The number of hydrogen-bond acceptors (Lipinski definition) is 2. The van der Waals surface area contributed by atoms with Crippen LogP contribution in [0, 0.1) is 11.8 Å². The van der Waals surface area contributed by atoms with Gasteiger partial charge in [0.15, 0.2) is 0 Å². The molecule has 0 heterocycles. The van der Waals surface area contributed by atoms with Crippen LogP contribution in [0.5, 0.6) is 0 Å². The zero-order valence-corrected chi connectivity index (χ0v) is 10.9. The zero-order chi connectivity index (χ0) is 12.1. The van der Waals surface area contributed by atoms with Gasteiger partial charge in [0.05, 0.1) is 0 Å². The van der Waals surface area contributed by atoms with Crippen molar-refractivity contribution in [3.63, 3.8) is 0 Å². The van der Waals surface area contributed by atoms with E-state index >= 15 is 0 Å². The molecule has 3 nitrogen and oxygen atoms in total. The molecule has 2 N–H and O–H groups in total. The number of nitrogens with two attached hydrogens (primary N) is 1. The summed E-state index contributed by atoms with van der Waals surface area (Å²) in [5.74, 6) is 1.24. The Bertz CT molecular complexity index is 222. The van der Waals surface area contributed by atoms with E-state index in [0.29, 0.717) is 17.9 Å². The highest BCUT2D eigenvalue weighted by atomic mass is 16.2. The number of carbonyl (C=O) groups is 1. The van der Waals surface area contributed by atoms with E-state index in [1.807, 2.05) is 11.9 Å². The molecular weight excluding hydrogens is 200 g/mol. The maximum Gasteiger partial charge on any atom is 0.225 e. The summed E-state index contributed by atoms with van der Waals surface area (Å²) in [5.41, 5.74) is 5.66. The molecule has 1 amide bonds. The molecule has 1 fully saturated rings. The van der Waals surface area contributed by atoms with Crippen LogP contribution in [-0.2, 0) is 4.79 Å². The number of rotatable bonds is 4. The highest BCUT2D eigenvalue weighted by Crippen LogP contribution is 2.29. The topological polar surface area (TPSA) is 46.3 Å². The van der Waals surface area contributed by atoms with Gasteiger partial charge >= 0.3 is 0 Å². The Morgan fingerprint density at radius 2 is 1.94 bits per heavy atom. The average molecular weight is 226 g/mol. The molecule has 0 aliphatic heterocycles. The second-order valence-electron chi connectivity index (χ2n) is 5.16. The van der Waals surface area contributed by atoms with Crippen molar-refractivity contribution in [3.05, 3.63) is 0 Å². The maximum atomic E-state index is 12.2. The van der Waals surface area contributed by atoms with Crippen LogP contribution in [0.2, 0.25) is 0 Å². The Balaban J connectivity index is 2.44. The fourth-order valence-corrected chi connectivity index (χ4v) is 2.42. The van der Waals surface area contributed by atoms with Gasteiger partial charge in [0.2, 0.25) is 5.91 Å². The van der Waals surface area contributed by atoms with Gasteiger partial charge in [0.1, 0.15) is 0 Å². The molecule has 0 aromatic rings. The molecule has 0 aromatic carbocycles. The molecule has 1 saturated carbocycles. The lowest BCUT2D eigenvalue weighted by Crippen LogP contribution is -2.40. The van der Waals surface area contributed by atoms with Crippen molar-refractivity contribution in [2.24, 2.45) is 17.6 Å². The lowest BCUT2D eigenvalue weighted by Gasteiger charge is -2.32. The first-order valence-corrected chi connectivity index (χ1v) is 6.56. The van der Waals surface area contributed by atoms with Crippen LogP contribution in [0.25, 0.3) is 0 Å². The minimum Gasteiger partial charge on any atom is -0.343 e. The van der Waals surface area contributed by atoms with Crippen LogP contribution in [0.3, 0.4) is 0 Å². The van der Waals surface area contributed by atoms with Gasteiger partial charge in [-0.2, -0.15) is 0 Å². The summed E-state index contributed by atoms with van der Waals surface area (Å²) in [5, 5.41) is 0. The summed E-state index contributed by atoms with van der Waals surface area (Å²) in [4.78, 5) is 14.1. The summed E-state index contributed by atoms with van der Waals surface area (Å²) in [6.07, 6.45) is 5.34. The Morgan fingerprint density at radius 3 is 2.38 bits per heavy atom. The van der Waals surface area contributed by atoms with Crippen molar-refractivity contribution < 1.29 is 4.79 Å². The van der Waals surface area contributed by atoms with Crippen LogP contribution in [0.4, 0.5) is 0 Å². The largest absolute Gasteiger partial charge is 0.343 e. The van der Waals surface area contributed by atoms with Gasteiger partial charge in [0, 0.05) is 19.0 Å². The molecule has 16 heavy (non-hydrogen) atoms. The van der Waals surface area contributed by atoms with Gasteiger partial charge in [-0.15, -0.1) is 0 Å². The molecule has 0 bridgehead atoms. The second kappa shape index (κ2) is 6.24. The summed E-state index contributed by atoms with van der Waals surface area (Å²) >= 11 is 0. The van der Waals surface area contributed by atoms with E-state index in [1.165, 1.54) is 0 Å². The maximum absolute atomic E-state index is 12.2. The van der Waals surface area contributed by atoms with Crippen molar-refractivity contribution >= 4 is 5.91 Å². The summed E-state index contributed by atoms with van der Waals surface area (Å²) < 4.78 is 0. The number of nitrogens with zero attached hydrogens (tertiary/aromatic N) is 1. The Hall–Kier alpha value is -0.570. The normalized spacial score (nSPS) is 27.5. The predicted molar refractivity (Wildman–Crippen MR) is 67.0 cm³/mol. The quantitative estimate of drug-likeness (QED) is 0.797. The van der Waals surface area contributed by atoms with Crippen LogP contribution < -0.4 is 5.73 Å². The van der Waals surface area contributed by atoms with Crippen LogP contribution in [-0.4, -0.2) is 30.4 Å². The molecule has 3 heteroatoms. The van der Waals surface area contributed by atoms with E-state index in [1.54, 1.807) is 0 Å². The third-order valence-corrected chi connectivity index (χ3v) is 4.13. The summed E-state index contributed by atoms with van der Waals surface area (Å²) in [6.45, 7) is 5.02. The SMILES string of the molecule is CCC(C)N(C)C(=O)C1CCC(CN)CC1. The van der Waals surface area contributed by atoms with Gasteiger partial charge in [0.25, 0.3) is 0 Å². The number of hydrogen-bond donors (Lipinski definition) is 1. The van der Waals surface area contributed by atoms with E-state index < -0.39 is 0 Å². The van der Waals surface area contributed by atoms with E-state index in [2.05, 4.69) is 13.8 Å². The third-order valence-electron chi connectivity index (χ3n) is 4.13. The Kier molecular flexibility index (Phi) is 5.26. The monoisotopic (exact) mass is 226 g/mol. The smallest absolute Gasteiger partial charge is 0.225 e. The van der Waals surface area contributed by atoms with Crippen LogP contribution >= 0.6 is 0 Å². The molecule has 94 valence electrons. The van der Waals surface area contributed by atoms with Crippen molar-refractivity contribution in [1.29, 1.82) is 0 Å². The fraction of sp³-hybridized carbons (Fsp3) is 0.923. The molecule has 0 saturated heterocycles. The zero-order valence-electron chi connectivity index (χ0n) is 10.9. The van der Waals surface area contributed by atoms with Gasteiger partial charge in [-0.05, 0) is 51.5 Å². The standard InChI is InChI=1S/C13H26N2O/c1-4-10(2)15(3)13(16)12-7-5-11(9-14)6-8-12/h10-12H,4-9,14H2,1-3H3. The fourth-order valence-electron chi connectivity index (χ4n) is 2.42. The minimum absolute atomic E-state index is 0.252. The van der Waals surface area contributed by atoms with E-state index in [0.717, 1.165) is 38.6 Å². The van der Waals surface area contributed by atoms with Crippen molar-refractivity contribution in [2.75, 3.05) is 13.6 Å². The molecule has 0 spiro atoms. The predicted octanol–water partition coefficient (Wildman–Crippen LogP) is 2.01. The highest BCUT2D eigenvalue weighted by Gasteiger charge is 2.28. The lowest BCUT2D eigenvalue weighted by molar-refractivity contribution is -0.137. The van der Waals surface area contributed by atoms with Gasteiger partial charge < -0.3 is 10.6 Å². The molecule has 1 atom stereocenters. The number of carbonyl (C=O) groups excluding carboxylic acids is 1. The minimum atomic E-state index is 0.252. The Labute approximate surface area is 99.4 Å². The summed E-state index contributed by atoms with van der Waals surface area (Å²) in [7, 11) is 1.94. The Morgan fingerprint density at radius 1 is 1.38 bits per heavy atom. The van der Waals surface area contributed by atoms with Gasteiger partial charge in [-0.3, -0.25) is 4.79 Å². The van der Waals surface area contributed by atoms with Gasteiger partial charge in [-0.25, -0.2) is 0 Å².